The summed E-state index contributed by atoms with van der Waals surface area (Å²) in [5.74, 6) is 0.736. The van der Waals surface area contributed by atoms with Gasteiger partial charge in [-0.25, -0.2) is 4.98 Å². The number of ether oxygens (including phenoxy) is 1. The van der Waals surface area contributed by atoms with Gasteiger partial charge in [0.15, 0.2) is 0 Å². The summed E-state index contributed by atoms with van der Waals surface area (Å²) in [7, 11) is 0. The van der Waals surface area contributed by atoms with Gasteiger partial charge in [-0.3, -0.25) is 4.79 Å². The molecule has 1 aliphatic heterocycles. The van der Waals surface area contributed by atoms with Crippen LogP contribution < -0.4 is 5.32 Å². The van der Waals surface area contributed by atoms with Crippen LogP contribution in [0.25, 0.3) is 12.2 Å². The van der Waals surface area contributed by atoms with Gasteiger partial charge in [-0.05, 0) is 45.3 Å². The Balaban J connectivity index is 1.72. The number of amides is 1. The second-order valence-electron chi connectivity index (χ2n) is 6.54. The van der Waals surface area contributed by atoms with E-state index >= 15 is 0 Å². The van der Waals surface area contributed by atoms with E-state index in [1.54, 1.807) is 0 Å². The lowest BCUT2D eigenvalue weighted by atomic mass is 10.1. The van der Waals surface area contributed by atoms with Crippen LogP contribution in [0.5, 0.6) is 0 Å². The van der Waals surface area contributed by atoms with Crippen molar-refractivity contribution in [3.8, 4) is 0 Å². The molecule has 1 fully saturated rings. The van der Waals surface area contributed by atoms with Gasteiger partial charge in [0.25, 0.3) is 5.91 Å². The highest BCUT2D eigenvalue weighted by atomic mass is 32.1. The van der Waals surface area contributed by atoms with Gasteiger partial charge in [0.1, 0.15) is 15.6 Å². The van der Waals surface area contributed by atoms with Crippen molar-refractivity contribution < 1.29 is 14.1 Å². The van der Waals surface area contributed by atoms with Crippen LogP contribution in [0.2, 0.25) is 0 Å². The number of carbonyl (C=O) groups excluding carboxylic acids is 1. The minimum atomic E-state index is -0.0695. The predicted octanol–water partition coefficient (Wildman–Crippen LogP) is 3.78. The molecule has 0 aromatic carbocycles. The molecule has 1 unspecified atom stereocenters. The third-order valence-electron chi connectivity index (χ3n) is 4.43. The molecule has 6 nitrogen and oxygen atoms in total. The van der Waals surface area contributed by atoms with Gasteiger partial charge in [0.05, 0.1) is 24.0 Å². The highest BCUT2D eigenvalue weighted by Gasteiger charge is 2.21. The first-order chi connectivity index (χ1) is 12.6. The highest BCUT2D eigenvalue weighted by Crippen LogP contribution is 2.23. The molecule has 0 bridgehead atoms. The number of carbonyl (C=O) groups is 1. The number of aromatic nitrogens is 2. The Morgan fingerprint density at radius 3 is 2.96 bits per heavy atom. The van der Waals surface area contributed by atoms with Gasteiger partial charge in [-0.15, -0.1) is 11.3 Å². The lowest BCUT2D eigenvalue weighted by molar-refractivity contribution is 0.0933. The normalized spacial score (nSPS) is 17.3. The van der Waals surface area contributed by atoms with Gasteiger partial charge >= 0.3 is 0 Å². The fraction of sp³-hybridized carbons (Fsp3) is 0.526. The van der Waals surface area contributed by atoms with Crippen molar-refractivity contribution in [3.63, 3.8) is 0 Å². The van der Waals surface area contributed by atoms with Crippen LogP contribution in [-0.4, -0.2) is 35.3 Å². The van der Waals surface area contributed by atoms with Crippen LogP contribution in [0.1, 0.15) is 63.6 Å². The van der Waals surface area contributed by atoms with Gasteiger partial charge in [-0.2, -0.15) is 0 Å². The first-order valence-electron chi connectivity index (χ1n) is 9.07. The van der Waals surface area contributed by atoms with E-state index in [0.717, 1.165) is 53.4 Å². The van der Waals surface area contributed by atoms with Gasteiger partial charge < -0.3 is 14.6 Å². The minimum absolute atomic E-state index is 0.0695. The number of thiazole rings is 1. The Morgan fingerprint density at radius 2 is 2.23 bits per heavy atom. The smallest absolute Gasteiger partial charge is 0.263 e. The van der Waals surface area contributed by atoms with Crippen LogP contribution >= 0.6 is 11.3 Å². The van der Waals surface area contributed by atoms with Crippen LogP contribution in [0.4, 0.5) is 0 Å². The summed E-state index contributed by atoms with van der Waals surface area (Å²) in [5, 5.41) is 7.98. The summed E-state index contributed by atoms with van der Waals surface area (Å²) in [6, 6.07) is 0.101. The fourth-order valence-corrected chi connectivity index (χ4v) is 3.79. The number of nitrogens with zero attached hydrogens (tertiary/aromatic N) is 2. The average molecular weight is 375 g/mol. The zero-order valence-electron chi connectivity index (χ0n) is 15.5. The molecule has 0 saturated carbocycles. The molecule has 0 radical (unpaired) electrons. The van der Waals surface area contributed by atoms with Crippen molar-refractivity contribution in [2.45, 2.75) is 52.5 Å². The lowest BCUT2D eigenvalue weighted by Crippen LogP contribution is -2.34. The van der Waals surface area contributed by atoms with Crippen LogP contribution in [0.15, 0.2) is 4.52 Å². The van der Waals surface area contributed by atoms with Crippen LogP contribution in [0, 0.1) is 13.8 Å². The minimum Gasteiger partial charge on any atom is -0.379 e. The lowest BCUT2D eigenvalue weighted by Gasteiger charge is -2.09. The van der Waals surface area contributed by atoms with Crippen LogP contribution in [0.3, 0.4) is 0 Å². The summed E-state index contributed by atoms with van der Waals surface area (Å²) in [5.41, 5.74) is 2.74. The molecule has 1 amide bonds. The molecule has 3 heterocycles. The molecule has 2 aromatic rings. The molecule has 1 saturated heterocycles. The molecule has 0 aliphatic carbocycles. The van der Waals surface area contributed by atoms with E-state index in [9.17, 15) is 4.79 Å². The summed E-state index contributed by atoms with van der Waals surface area (Å²) in [4.78, 5) is 17.6. The van der Waals surface area contributed by atoms with Gasteiger partial charge in [0, 0.05) is 12.2 Å². The quantitative estimate of drug-likeness (QED) is 0.797. The van der Waals surface area contributed by atoms with Crippen molar-refractivity contribution in [2.75, 3.05) is 13.2 Å². The second kappa shape index (κ2) is 8.60. The predicted molar refractivity (Wildman–Crippen MR) is 102 cm³/mol. The summed E-state index contributed by atoms with van der Waals surface area (Å²) >= 11 is 1.40. The molecule has 1 atom stereocenters. The Bertz CT molecular complexity index is 788. The average Bonchev–Trinajstić information content (AvgIpc) is 3.33. The molecule has 1 N–H and O–H groups in total. The maximum Gasteiger partial charge on any atom is 0.263 e. The molecule has 0 spiro atoms. The molecule has 140 valence electrons. The Kier molecular flexibility index (Phi) is 6.21. The van der Waals surface area contributed by atoms with E-state index in [1.807, 2.05) is 26.0 Å². The molecular weight excluding hydrogens is 350 g/mol. The highest BCUT2D eigenvalue weighted by molar-refractivity contribution is 7.14. The number of unbranched alkanes of at least 4 members (excludes halogenated alkanes) is 1. The number of hydrogen-bond acceptors (Lipinski definition) is 6. The van der Waals surface area contributed by atoms with Crippen molar-refractivity contribution in [2.24, 2.45) is 0 Å². The topological polar surface area (TPSA) is 77.2 Å². The molecule has 7 heteroatoms. The largest absolute Gasteiger partial charge is 0.379 e. The Hall–Kier alpha value is -1.99. The Morgan fingerprint density at radius 1 is 1.38 bits per heavy atom. The summed E-state index contributed by atoms with van der Waals surface area (Å²) < 4.78 is 10.6. The number of aryl methyl sites for hydroxylation is 3. The van der Waals surface area contributed by atoms with Gasteiger partial charge in [0.2, 0.25) is 0 Å². The zero-order chi connectivity index (χ0) is 18.5. The van der Waals surface area contributed by atoms with Crippen molar-refractivity contribution >= 4 is 29.4 Å². The van der Waals surface area contributed by atoms with Crippen molar-refractivity contribution in [1.82, 2.24) is 15.5 Å². The maximum atomic E-state index is 12.4. The SMILES string of the molecule is CCCCc1noc(C)c1C=Cc1nc(C)c(C(=O)NC2CCOC2)s1. The van der Waals surface area contributed by atoms with E-state index in [1.165, 1.54) is 11.3 Å². The fourth-order valence-electron chi connectivity index (χ4n) is 2.92. The van der Waals surface area contributed by atoms with Crippen molar-refractivity contribution in [3.05, 3.63) is 32.6 Å². The monoisotopic (exact) mass is 375 g/mol. The summed E-state index contributed by atoms with van der Waals surface area (Å²) in [6.45, 7) is 7.23. The third-order valence-corrected chi connectivity index (χ3v) is 5.55. The van der Waals surface area contributed by atoms with Crippen molar-refractivity contribution in [1.29, 1.82) is 0 Å². The summed E-state index contributed by atoms with van der Waals surface area (Å²) in [6.07, 6.45) is 7.89. The number of nitrogens with one attached hydrogen (secondary N) is 1. The number of rotatable bonds is 7. The van der Waals surface area contributed by atoms with E-state index in [0.29, 0.717) is 18.1 Å². The first-order valence-corrected chi connectivity index (χ1v) is 9.89. The zero-order valence-corrected chi connectivity index (χ0v) is 16.3. The standard InChI is InChI=1S/C19H25N3O3S/c1-4-5-6-16-15(13(3)25-22-16)7-8-17-20-12(2)18(26-17)19(23)21-14-9-10-24-11-14/h7-8,14H,4-6,9-11H2,1-3H3,(H,21,23). The Labute approximate surface area is 157 Å². The van der Waals surface area contributed by atoms with E-state index in [-0.39, 0.29) is 11.9 Å². The third kappa shape index (κ3) is 4.40. The van der Waals surface area contributed by atoms with E-state index in [2.05, 4.69) is 22.4 Å². The molecular formula is C19H25N3O3S. The van der Waals surface area contributed by atoms with E-state index in [4.69, 9.17) is 9.26 Å². The van der Waals surface area contributed by atoms with Crippen LogP contribution in [-0.2, 0) is 11.2 Å². The first kappa shape index (κ1) is 18.8. The number of hydrogen-bond donors (Lipinski definition) is 1. The molecule has 26 heavy (non-hydrogen) atoms. The second-order valence-corrected chi connectivity index (χ2v) is 7.57. The molecule has 2 aromatic heterocycles. The maximum absolute atomic E-state index is 12.4. The molecule has 1 aliphatic rings. The van der Waals surface area contributed by atoms with Gasteiger partial charge in [-0.1, -0.05) is 18.5 Å². The molecule has 3 rings (SSSR count). The van der Waals surface area contributed by atoms with E-state index < -0.39 is 0 Å².